The van der Waals surface area contributed by atoms with Crippen LogP contribution in [0, 0.1) is 17.1 Å². The SMILES string of the molecule is CNCCC[C@H]1Cc2cc(F)ccc2N(c2ccccc2C#N)S1(O)O. The lowest BCUT2D eigenvalue weighted by atomic mass is 10.0. The van der Waals surface area contributed by atoms with Gasteiger partial charge in [0.05, 0.1) is 22.2 Å². The summed E-state index contributed by atoms with van der Waals surface area (Å²) in [6.45, 7) is 0.761. The molecule has 1 aliphatic heterocycles. The third-order valence-corrected chi connectivity index (χ3v) is 6.85. The molecule has 3 N–H and O–H groups in total. The van der Waals surface area contributed by atoms with Crippen molar-refractivity contribution in [3.63, 3.8) is 0 Å². The van der Waals surface area contributed by atoms with Crippen LogP contribution in [0.2, 0.25) is 0 Å². The lowest BCUT2D eigenvalue weighted by Gasteiger charge is -2.53. The Labute approximate surface area is 154 Å². The maximum Gasteiger partial charge on any atom is 0.123 e. The van der Waals surface area contributed by atoms with Gasteiger partial charge in [-0.3, -0.25) is 9.11 Å². The van der Waals surface area contributed by atoms with E-state index in [2.05, 4.69) is 11.4 Å². The number of nitrogens with zero attached hydrogens (tertiary/aromatic N) is 2. The molecule has 0 fully saturated rings. The Kier molecular flexibility index (Phi) is 5.49. The standard InChI is InChI=1S/C19H22FN3O2S/c1-22-10-4-6-17-12-15-11-16(20)8-9-19(15)23(26(17,24)25)18-7-3-2-5-14(18)13-21/h2-3,5,7-9,11,17,22,24-25H,4,6,10,12H2,1H3/t17-/m0/s1. The van der Waals surface area contributed by atoms with Crippen LogP contribution in [0.5, 0.6) is 0 Å². The molecule has 138 valence electrons. The number of fused-ring (bicyclic) bond motifs is 1. The van der Waals surface area contributed by atoms with Crippen molar-refractivity contribution in [2.24, 2.45) is 0 Å². The fourth-order valence-electron chi connectivity index (χ4n) is 3.35. The second-order valence-electron chi connectivity index (χ2n) is 6.33. The van der Waals surface area contributed by atoms with Gasteiger partial charge in [-0.05, 0) is 68.8 Å². The van der Waals surface area contributed by atoms with Gasteiger partial charge in [0.25, 0.3) is 0 Å². The number of para-hydroxylation sites is 1. The largest absolute Gasteiger partial charge is 0.320 e. The van der Waals surface area contributed by atoms with E-state index in [0.29, 0.717) is 29.8 Å². The van der Waals surface area contributed by atoms with E-state index in [9.17, 15) is 18.8 Å². The topological polar surface area (TPSA) is 79.5 Å². The van der Waals surface area contributed by atoms with E-state index in [1.54, 1.807) is 30.3 Å². The molecule has 1 aliphatic rings. The number of benzene rings is 2. The van der Waals surface area contributed by atoms with Gasteiger partial charge in [0.1, 0.15) is 11.9 Å². The molecule has 0 saturated carbocycles. The van der Waals surface area contributed by atoms with Crippen molar-refractivity contribution >= 4 is 22.2 Å². The molecule has 3 rings (SSSR count). The van der Waals surface area contributed by atoms with Crippen molar-refractivity contribution in [3.8, 4) is 6.07 Å². The lowest BCUT2D eigenvalue weighted by molar-refractivity contribution is 0.454. The average molecular weight is 375 g/mol. The zero-order chi connectivity index (χ0) is 18.7. The molecule has 1 atom stereocenters. The van der Waals surface area contributed by atoms with Crippen molar-refractivity contribution in [1.82, 2.24) is 5.32 Å². The van der Waals surface area contributed by atoms with Gasteiger partial charge in [0.15, 0.2) is 0 Å². The molecule has 0 unspecified atom stereocenters. The smallest absolute Gasteiger partial charge is 0.123 e. The number of halogens is 1. The highest BCUT2D eigenvalue weighted by molar-refractivity contribution is 8.26. The molecule has 2 aromatic carbocycles. The van der Waals surface area contributed by atoms with E-state index in [0.717, 1.165) is 18.5 Å². The normalized spacial score (nSPS) is 19.5. The Morgan fingerprint density at radius 3 is 2.77 bits per heavy atom. The lowest BCUT2D eigenvalue weighted by Crippen LogP contribution is -2.38. The Morgan fingerprint density at radius 2 is 2.04 bits per heavy atom. The molecule has 0 aliphatic carbocycles. The van der Waals surface area contributed by atoms with Gasteiger partial charge in [0, 0.05) is 0 Å². The first kappa shape index (κ1) is 18.7. The fraction of sp³-hybridized carbons (Fsp3) is 0.316. The molecule has 2 aromatic rings. The predicted octanol–water partition coefficient (Wildman–Crippen LogP) is 4.43. The molecule has 26 heavy (non-hydrogen) atoms. The van der Waals surface area contributed by atoms with E-state index in [-0.39, 0.29) is 5.82 Å². The maximum absolute atomic E-state index is 13.8. The average Bonchev–Trinajstić information content (AvgIpc) is 2.62. The van der Waals surface area contributed by atoms with Crippen LogP contribution in [0.15, 0.2) is 42.5 Å². The Hall–Kier alpha value is -2.11. The highest BCUT2D eigenvalue weighted by atomic mass is 32.3. The quantitative estimate of drug-likeness (QED) is 0.674. The van der Waals surface area contributed by atoms with Crippen molar-refractivity contribution in [2.75, 3.05) is 17.9 Å². The zero-order valence-corrected chi connectivity index (χ0v) is 15.3. The second-order valence-corrected chi connectivity index (χ2v) is 8.48. The van der Waals surface area contributed by atoms with Crippen LogP contribution in [0.1, 0.15) is 24.0 Å². The highest BCUT2D eigenvalue weighted by Gasteiger charge is 2.40. The number of rotatable bonds is 5. The molecule has 7 heteroatoms. The Balaban J connectivity index is 2.12. The van der Waals surface area contributed by atoms with Gasteiger partial charge >= 0.3 is 0 Å². The van der Waals surface area contributed by atoms with Crippen molar-refractivity contribution in [3.05, 3.63) is 59.4 Å². The van der Waals surface area contributed by atoms with Gasteiger partial charge in [-0.15, -0.1) is 10.8 Å². The molecule has 5 nitrogen and oxygen atoms in total. The number of nitriles is 1. The first-order valence-electron chi connectivity index (χ1n) is 8.48. The molecular formula is C19H22FN3O2S. The molecule has 0 spiro atoms. The zero-order valence-electron chi connectivity index (χ0n) is 14.5. The summed E-state index contributed by atoms with van der Waals surface area (Å²) in [6.07, 6.45) is 1.75. The minimum Gasteiger partial charge on any atom is -0.320 e. The van der Waals surface area contributed by atoms with E-state index in [1.165, 1.54) is 16.4 Å². The summed E-state index contributed by atoms with van der Waals surface area (Å²) in [5.74, 6) is -0.357. The summed E-state index contributed by atoms with van der Waals surface area (Å²) in [5, 5.41) is 12.1. The van der Waals surface area contributed by atoms with Gasteiger partial charge < -0.3 is 5.32 Å². The summed E-state index contributed by atoms with van der Waals surface area (Å²) in [4.78, 5) is 0. The number of nitrogens with one attached hydrogen (secondary N) is 1. The van der Waals surface area contributed by atoms with Crippen LogP contribution in [-0.4, -0.2) is 27.9 Å². The van der Waals surface area contributed by atoms with Gasteiger partial charge in [-0.1, -0.05) is 12.1 Å². The number of anilines is 2. The molecule has 0 bridgehead atoms. The molecule has 1 heterocycles. The van der Waals surface area contributed by atoms with E-state index >= 15 is 0 Å². The first-order valence-corrected chi connectivity index (χ1v) is 10.0. The molecule has 0 aromatic heterocycles. The Morgan fingerprint density at radius 1 is 1.27 bits per heavy atom. The number of hydrogen-bond acceptors (Lipinski definition) is 5. The third-order valence-electron chi connectivity index (χ3n) is 4.62. The summed E-state index contributed by atoms with van der Waals surface area (Å²) in [5.41, 5.74) is 2.04. The van der Waals surface area contributed by atoms with Crippen LogP contribution >= 0.6 is 10.8 Å². The second kappa shape index (κ2) is 7.64. The summed E-state index contributed by atoms with van der Waals surface area (Å²) >= 11 is 0. The molecule has 0 saturated heterocycles. The number of hydrogen-bond donors (Lipinski definition) is 3. The van der Waals surface area contributed by atoms with Crippen LogP contribution < -0.4 is 9.62 Å². The van der Waals surface area contributed by atoms with Crippen LogP contribution in [0.3, 0.4) is 0 Å². The van der Waals surface area contributed by atoms with Gasteiger partial charge in [-0.2, -0.15) is 5.26 Å². The van der Waals surface area contributed by atoms with Crippen LogP contribution in [-0.2, 0) is 6.42 Å². The highest BCUT2D eigenvalue weighted by Crippen LogP contribution is 2.61. The minimum atomic E-state index is -3.22. The molecule has 0 amide bonds. The van der Waals surface area contributed by atoms with Crippen LogP contribution in [0.25, 0.3) is 0 Å². The third kappa shape index (κ3) is 3.41. The van der Waals surface area contributed by atoms with Gasteiger partial charge in [-0.25, -0.2) is 8.70 Å². The molecular weight excluding hydrogens is 353 g/mol. The van der Waals surface area contributed by atoms with Crippen molar-refractivity contribution < 1.29 is 13.5 Å². The Bertz CT molecular complexity index is 838. The van der Waals surface area contributed by atoms with E-state index in [4.69, 9.17) is 0 Å². The monoisotopic (exact) mass is 375 g/mol. The maximum atomic E-state index is 13.8. The van der Waals surface area contributed by atoms with Crippen molar-refractivity contribution in [1.29, 1.82) is 5.26 Å². The molecule has 0 radical (unpaired) electrons. The van der Waals surface area contributed by atoms with Crippen LogP contribution in [0.4, 0.5) is 15.8 Å². The summed E-state index contributed by atoms with van der Waals surface area (Å²) < 4.78 is 37.5. The minimum absolute atomic E-state index is 0.346. The first-order chi connectivity index (χ1) is 12.5. The predicted molar refractivity (Wildman–Crippen MR) is 103 cm³/mol. The van der Waals surface area contributed by atoms with E-state index in [1.807, 2.05) is 7.05 Å². The van der Waals surface area contributed by atoms with Gasteiger partial charge in [0.2, 0.25) is 0 Å². The summed E-state index contributed by atoms with van der Waals surface area (Å²) in [7, 11) is -1.38. The van der Waals surface area contributed by atoms with Crippen molar-refractivity contribution in [2.45, 2.75) is 24.5 Å². The fourth-order valence-corrected chi connectivity index (χ4v) is 5.45. The van der Waals surface area contributed by atoms with E-state index < -0.39 is 16.0 Å². The summed E-state index contributed by atoms with van der Waals surface area (Å²) in [6, 6.07) is 13.2.